The highest BCUT2D eigenvalue weighted by molar-refractivity contribution is 6.04. The Morgan fingerprint density at radius 1 is 1.27 bits per heavy atom. The largest absolute Gasteiger partial charge is 0.508 e. The highest BCUT2D eigenvalue weighted by Gasteiger charge is 2.21. The van der Waals surface area contributed by atoms with E-state index in [4.69, 9.17) is 11.5 Å². The maximum absolute atomic E-state index is 11.6. The second-order valence-corrected chi connectivity index (χ2v) is 5.13. The number of carbonyl (C=O) groups is 1. The molecule has 2 heterocycles. The zero-order chi connectivity index (χ0) is 16.0. The highest BCUT2D eigenvalue weighted by Crippen LogP contribution is 2.38. The molecule has 0 aliphatic rings. The third-order valence-electron chi connectivity index (χ3n) is 3.77. The molecule has 1 amide bonds. The minimum absolute atomic E-state index is 0.141. The summed E-state index contributed by atoms with van der Waals surface area (Å²) in [4.78, 5) is 15.8. The van der Waals surface area contributed by atoms with Crippen LogP contribution in [0.2, 0.25) is 0 Å². The number of fused-ring (bicyclic) bond motifs is 1. The maximum Gasteiger partial charge on any atom is 0.252 e. The minimum atomic E-state index is -0.647. The molecule has 5 N–H and O–H groups in total. The van der Waals surface area contributed by atoms with Gasteiger partial charge < -0.3 is 16.6 Å². The first kappa shape index (κ1) is 13.9. The van der Waals surface area contributed by atoms with Crippen molar-refractivity contribution >= 4 is 17.2 Å². The molecular weight excluding hydrogens is 282 g/mol. The van der Waals surface area contributed by atoms with Crippen molar-refractivity contribution in [3.8, 4) is 16.9 Å². The van der Waals surface area contributed by atoms with E-state index in [-0.39, 0.29) is 17.0 Å². The molecule has 112 valence electrons. The molecule has 0 aliphatic carbocycles. The number of amides is 1. The van der Waals surface area contributed by atoms with Crippen LogP contribution in [0.4, 0.5) is 5.69 Å². The van der Waals surface area contributed by atoms with Crippen LogP contribution < -0.4 is 11.5 Å². The van der Waals surface area contributed by atoms with Crippen LogP contribution in [0.3, 0.4) is 0 Å². The lowest BCUT2D eigenvalue weighted by atomic mass is 9.93. The van der Waals surface area contributed by atoms with E-state index >= 15 is 0 Å². The highest BCUT2D eigenvalue weighted by atomic mass is 16.3. The van der Waals surface area contributed by atoms with Gasteiger partial charge in [0.15, 0.2) is 5.65 Å². The number of rotatable bonds is 2. The van der Waals surface area contributed by atoms with Crippen LogP contribution in [0.5, 0.6) is 5.75 Å². The van der Waals surface area contributed by atoms with Gasteiger partial charge in [-0.2, -0.15) is 5.10 Å². The molecule has 0 bridgehead atoms. The lowest BCUT2D eigenvalue weighted by Gasteiger charge is -2.16. The van der Waals surface area contributed by atoms with Gasteiger partial charge in [-0.15, -0.1) is 0 Å². The number of anilines is 1. The van der Waals surface area contributed by atoms with Gasteiger partial charge in [0.25, 0.3) is 5.91 Å². The van der Waals surface area contributed by atoms with Gasteiger partial charge in [-0.3, -0.25) is 4.79 Å². The third kappa shape index (κ3) is 1.86. The summed E-state index contributed by atoms with van der Waals surface area (Å²) in [6.45, 7) is 3.67. The number of pyridine rings is 1. The zero-order valence-corrected chi connectivity index (χ0v) is 12.2. The summed E-state index contributed by atoms with van der Waals surface area (Å²) >= 11 is 0. The minimum Gasteiger partial charge on any atom is -0.508 e. The van der Waals surface area contributed by atoms with Gasteiger partial charge in [-0.25, -0.2) is 9.50 Å². The predicted molar refractivity (Wildman–Crippen MR) is 82.5 cm³/mol. The van der Waals surface area contributed by atoms with Crippen LogP contribution in [0, 0.1) is 13.8 Å². The average molecular weight is 297 g/mol. The molecule has 7 heteroatoms. The first-order valence-corrected chi connectivity index (χ1v) is 6.63. The van der Waals surface area contributed by atoms with Crippen molar-refractivity contribution in [2.24, 2.45) is 5.73 Å². The molecule has 0 radical (unpaired) electrons. The fraction of sp³-hybridized carbons (Fsp3) is 0.133. The standard InChI is InChI=1S/C15H15N5O2/c1-7-3-4-10(21)8(2)11(7)12-13(16)9(14(17)22)5-20-15(12)18-6-19-20/h3-6,21H,16H2,1-2H3,(H2,17,22). The molecule has 7 nitrogen and oxygen atoms in total. The number of hydrogen-bond donors (Lipinski definition) is 3. The summed E-state index contributed by atoms with van der Waals surface area (Å²) in [5, 5.41) is 14.1. The second-order valence-electron chi connectivity index (χ2n) is 5.13. The molecule has 22 heavy (non-hydrogen) atoms. The summed E-state index contributed by atoms with van der Waals surface area (Å²) < 4.78 is 1.45. The number of primary amides is 1. The molecule has 3 rings (SSSR count). The molecule has 0 atom stereocenters. The number of nitrogen functional groups attached to an aromatic ring is 1. The lowest BCUT2D eigenvalue weighted by molar-refractivity contribution is 0.100. The molecule has 0 saturated heterocycles. The molecule has 0 unspecified atom stereocenters. The smallest absolute Gasteiger partial charge is 0.252 e. The number of aromatic nitrogens is 3. The fourth-order valence-electron chi connectivity index (χ4n) is 2.63. The molecule has 0 saturated carbocycles. The Balaban J connectivity index is 2.50. The van der Waals surface area contributed by atoms with Crippen molar-refractivity contribution in [2.45, 2.75) is 13.8 Å². The zero-order valence-electron chi connectivity index (χ0n) is 12.2. The Morgan fingerprint density at radius 2 is 2.00 bits per heavy atom. The topological polar surface area (TPSA) is 120 Å². The van der Waals surface area contributed by atoms with E-state index in [9.17, 15) is 9.90 Å². The van der Waals surface area contributed by atoms with Gasteiger partial charge in [-0.1, -0.05) is 6.07 Å². The van der Waals surface area contributed by atoms with Gasteiger partial charge >= 0.3 is 0 Å². The molecule has 0 aliphatic heterocycles. The summed E-state index contributed by atoms with van der Waals surface area (Å²) in [5.74, 6) is -0.506. The summed E-state index contributed by atoms with van der Waals surface area (Å²) in [5.41, 5.74) is 15.3. The Morgan fingerprint density at radius 3 is 2.68 bits per heavy atom. The van der Waals surface area contributed by atoms with Crippen LogP contribution in [0.15, 0.2) is 24.7 Å². The monoisotopic (exact) mass is 297 g/mol. The summed E-state index contributed by atoms with van der Waals surface area (Å²) in [6.07, 6.45) is 2.83. The Hall–Kier alpha value is -3.09. The van der Waals surface area contributed by atoms with Gasteiger partial charge in [-0.05, 0) is 36.6 Å². The molecule has 3 aromatic rings. The van der Waals surface area contributed by atoms with Gasteiger partial charge in [0.1, 0.15) is 12.1 Å². The molecular formula is C15H15N5O2. The van der Waals surface area contributed by atoms with E-state index in [1.54, 1.807) is 19.1 Å². The first-order valence-electron chi connectivity index (χ1n) is 6.63. The van der Waals surface area contributed by atoms with E-state index in [0.717, 1.165) is 11.1 Å². The first-order chi connectivity index (χ1) is 10.4. The number of phenolic OH excluding ortho intramolecular Hbond substituents is 1. The summed E-state index contributed by atoms with van der Waals surface area (Å²) in [7, 11) is 0. The molecule has 1 aromatic carbocycles. The Bertz CT molecular complexity index is 914. The van der Waals surface area contributed by atoms with E-state index in [2.05, 4.69) is 10.1 Å². The number of phenols is 1. The number of nitrogens with two attached hydrogens (primary N) is 2. The van der Waals surface area contributed by atoms with Crippen LogP contribution in [0.1, 0.15) is 21.5 Å². The maximum atomic E-state index is 11.6. The van der Waals surface area contributed by atoms with Crippen LogP contribution >= 0.6 is 0 Å². The second kappa shape index (κ2) is 4.73. The fourth-order valence-corrected chi connectivity index (χ4v) is 2.63. The quantitative estimate of drug-likeness (QED) is 0.660. The van der Waals surface area contributed by atoms with Crippen molar-refractivity contribution < 1.29 is 9.90 Å². The number of aryl methyl sites for hydroxylation is 1. The molecule has 2 aromatic heterocycles. The van der Waals surface area contributed by atoms with Crippen LogP contribution in [0.25, 0.3) is 16.8 Å². The number of aromatic hydroxyl groups is 1. The third-order valence-corrected chi connectivity index (χ3v) is 3.77. The van der Waals surface area contributed by atoms with E-state index in [1.165, 1.54) is 17.0 Å². The van der Waals surface area contributed by atoms with E-state index < -0.39 is 5.91 Å². The van der Waals surface area contributed by atoms with Crippen molar-refractivity contribution in [1.82, 2.24) is 14.6 Å². The lowest BCUT2D eigenvalue weighted by Crippen LogP contribution is -2.16. The van der Waals surface area contributed by atoms with Crippen molar-refractivity contribution in [3.05, 3.63) is 41.3 Å². The molecule has 0 fully saturated rings. The summed E-state index contributed by atoms with van der Waals surface area (Å²) in [6, 6.07) is 3.39. The average Bonchev–Trinajstić information content (AvgIpc) is 2.92. The van der Waals surface area contributed by atoms with E-state index in [1.807, 2.05) is 6.92 Å². The van der Waals surface area contributed by atoms with Crippen molar-refractivity contribution in [2.75, 3.05) is 5.73 Å². The van der Waals surface area contributed by atoms with Crippen molar-refractivity contribution in [3.63, 3.8) is 0 Å². The Kier molecular flexibility index (Phi) is 2.98. The number of nitrogens with zero attached hydrogens (tertiary/aromatic N) is 3. The Labute approximate surface area is 126 Å². The number of carbonyl (C=O) groups excluding carboxylic acids is 1. The normalized spacial score (nSPS) is 11.0. The van der Waals surface area contributed by atoms with Gasteiger partial charge in [0.05, 0.1) is 16.8 Å². The van der Waals surface area contributed by atoms with Gasteiger partial charge in [0, 0.05) is 6.20 Å². The van der Waals surface area contributed by atoms with Crippen LogP contribution in [-0.4, -0.2) is 25.6 Å². The van der Waals surface area contributed by atoms with E-state index in [0.29, 0.717) is 16.8 Å². The van der Waals surface area contributed by atoms with Crippen LogP contribution in [-0.2, 0) is 0 Å². The van der Waals surface area contributed by atoms with Gasteiger partial charge in [0.2, 0.25) is 0 Å². The SMILES string of the molecule is Cc1ccc(O)c(C)c1-c1c(N)c(C(N)=O)cn2ncnc12. The number of benzene rings is 1. The predicted octanol–water partition coefficient (Wildman–Crippen LogP) is 1.40. The molecule has 0 spiro atoms. The van der Waals surface area contributed by atoms with Crippen molar-refractivity contribution in [1.29, 1.82) is 0 Å². The number of hydrogen-bond acceptors (Lipinski definition) is 5.